The van der Waals surface area contributed by atoms with Crippen LogP contribution in [0, 0.1) is 5.92 Å². The van der Waals surface area contributed by atoms with E-state index in [2.05, 4.69) is 5.16 Å². The zero-order valence-electron chi connectivity index (χ0n) is 9.71. The number of oxime groups is 1. The van der Waals surface area contributed by atoms with Crippen molar-refractivity contribution in [1.82, 2.24) is 0 Å². The summed E-state index contributed by atoms with van der Waals surface area (Å²) in [6.45, 7) is 1.90. The highest BCUT2D eigenvalue weighted by Crippen LogP contribution is 2.15. The van der Waals surface area contributed by atoms with Crippen molar-refractivity contribution in [2.45, 2.75) is 6.92 Å². The minimum Gasteiger partial charge on any atom is -0.491 e. The van der Waals surface area contributed by atoms with Crippen LogP contribution in [0.3, 0.4) is 0 Å². The predicted octanol–water partition coefficient (Wildman–Crippen LogP) is 0.864. The Balaban J connectivity index is 2.78. The van der Waals surface area contributed by atoms with Crippen molar-refractivity contribution in [3.8, 4) is 5.75 Å². The molecule has 3 N–H and O–H groups in total. The average Bonchev–Trinajstić information content (AvgIpc) is 2.38. The molecule has 0 spiro atoms. The molecule has 0 aliphatic carbocycles. The second kappa shape index (κ2) is 6.88. The summed E-state index contributed by atoms with van der Waals surface area (Å²) >= 11 is 0. The lowest BCUT2D eigenvalue weighted by molar-refractivity contribution is 0.201. The lowest BCUT2D eigenvalue weighted by Crippen LogP contribution is -2.16. The minimum absolute atomic E-state index is 0.0351. The first-order valence-corrected chi connectivity index (χ1v) is 5.39. The molecule has 0 aromatic heterocycles. The van der Waals surface area contributed by atoms with Crippen LogP contribution in [0.5, 0.6) is 5.75 Å². The number of hydrogen-bond acceptors (Lipinski definition) is 5. The van der Waals surface area contributed by atoms with Gasteiger partial charge in [-0.05, 0) is 29.8 Å². The number of aliphatic hydroxyl groups excluding tert-OH is 2. The van der Waals surface area contributed by atoms with E-state index in [0.717, 1.165) is 5.56 Å². The number of nitrogens with zero attached hydrogens (tertiary/aromatic N) is 1. The van der Waals surface area contributed by atoms with Gasteiger partial charge in [-0.2, -0.15) is 0 Å². The van der Waals surface area contributed by atoms with Crippen molar-refractivity contribution < 1.29 is 20.2 Å². The summed E-state index contributed by atoms with van der Waals surface area (Å²) in [6, 6.07) is 6.93. The number of benzene rings is 1. The molecule has 0 saturated heterocycles. The molecule has 0 heterocycles. The van der Waals surface area contributed by atoms with E-state index in [0.29, 0.717) is 11.5 Å². The van der Waals surface area contributed by atoms with Crippen LogP contribution in [0.4, 0.5) is 0 Å². The van der Waals surface area contributed by atoms with Gasteiger partial charge in [0, 0.05) is 5.92 Å². The monoisotopic (exact) mass is 239 g/mol. The van der Waals surface area contributed by atoms with Crippen LogP contribution >= 0.6 is 0 Å². The van der Waals surface area contributed by atoms with E-state index in [9.17, 15) is 0 Å². The van der Waals surface area contributed by atoms with Crippen LogP contribution in [-0.2, 0) is 0 Å². The summed E-state index contributed by atoms with van der Waals surface area (Å²) in [7, 11) is 0. The summed E-state index contributed by atoms with van der Waals surface area (Å²) < 4.78 is 5.21. The molecule has 1 rings (SSSR count). The minimum atomic E-state index is -0.232. The molecule has 0 amide bonds. The molecule has 1 atom stereocenters. The van der Waals surface area contributed by atoms with E-state index < -0.39 is 0 Å². The van der Waals surface area contributed by atoms with Crippen LogP contribution in [0.2, 0.25) is 0 Å². The van der Waals surface area contributed by atoms with E-state index in [4.69, 9.17) is 20.2 Å². The topological polar surface area (TPSA) is 82.3 Å². The van der Waals surface area contributed by atoms with Crippen LogP contribution < -0.4 is 4.74 Å². The first-order valence-electron chi connectivity index (χ1n) is 5.39. The Morgan fingerprint density at radius 2 is 1.94 bits per heavy atom. The number of rotatable bonds is 6. The molecule has 0 aliphatic heterocycles. The number of ether oxygens (including phenoxy) is 1. The van der Waals surface area contributed by atoms with Gasteiger partial charge < -0.3 is 20.2 Å². The van der Waals surface area contributed by atoms with Gasteiger partial charge in [-0.15, -0.1) is 0 Å². The van der Waals surface area contributed by atoms with E-state index >= 15 is 0 Å². The van der Waals surface area contributed by atoms with Gasteiger partial charge in [0.15, 0.2) is 0 Å². The Morgan fingerprint density at radius 3 is 2.41 bits per heavy atom. The highest BCUT2D eigenvalue weighted by atomic mass is 16.5. The summed E-state index contributed by atoms with van der Waals surface area (Å²) in [6.07, 6.45) is 0. The smallest absolute Gasteiger partial charge is 0.119 e. The van der Waals surface area contributed by atoms with Crippen molar-refractivity contribution >= 4 is 5.71 Å². The van der Waals surface area contributed by atoms with Crippen LogP contribution in [-0.4, -0.2) is 41.0 Å². The maximum absolute atomic E-state index is 9.02. The molecular formula is C12H17NO4. The molecule has 0 saturated carbocycles. The maximum atomic E-state index is 9.02. The highest BCUT2D eigenvalue weighted by molar-refractivity contribution is 6.01. The van der Waals surface area contributed by atoms with E-state index in [1.54, 1.807) is 31.2 Å². The molecule has 1 aromatic rings. The van der Waals surface area contributed by atoms with Gasteiger partial charge in [0.1, 0.15) is 12.4 Å². The van der Waals surface area contributed by atoms with Gasteiger partial charge in [-0.3, -0.25) is 0 Å². The second-order valence-electron chi connectivity index (χ2n) is 3.67. The van der Waals surface area contributed by atoms with Crippen molar-refractivity contribution in [1.29, 1.82) is 0 Å². The molecule has 0 aliphatic rings. The lowest BCUT2D eigenvalue weighted by Gasteiger charge is -2.11. The van der Waals surface area contributed by atoms with Crippen LogP contribution in [0.25, 0.3) is 0 Å². The van der Waals surface area contributed by atoms with Crippen molar-refractivity contribution in [2.24, 2.45) is 11.1 Å². The molecule has 17 heavy (non-hydrogen) atoms. The molecule has 5 nitrogen and oxygen atoms in total. The zero-order valence-corrected chi connectivity index (χ0v) is 9.71. The third-order valence-corrected chi connectivity index (χ3v) is 2.36. The molecule has 0 bridgehead atoms. The largest absolute Gasteiger partial charge is 0.491 e. The van der Waals surface area contributed by atoms with Gasteiger partial charge in [-0.25, -0.2) is 0 Å². The highest BCUT2D eigenvalue weighted by Gasteiger charge is 2.12. The maximum Gasteiger partial charge on any atom is 0.119 e. The summed E-state index contributed by atoms with van der Waals surface area (Å²) in [4.78, 5) is 0. The van der Waals surface area contributed by atoms with E-state index in [1.165, 1.54) is 0 Å². The fraction of sp³-hybridized carbons (Fsp3) is 0.417. The second-order valence-corrected chi connectivity index (χ2v) is 3.67. The van der Waals surface area contributed by atoms with Gasteiger partial charge in [-0.1, -0.05) is 12.1 Å². The van der Waals surface area contributed by atoms with E-state index in [-0.39, 0.29) is 25.7 Å². The van der Waals surface area contributed by atoms with Gasteiger partial charge >= 0.3 is 0 Å². The Morgan fingerprint density at radius 1 is 1.29 bits per heavy atom. The fourth-order valence-electron chi connectivity index (χ4n) is 1.41. The quantitative estimate of drug-likeness (QED) is 0.391. The van der Waals surface area contributed by atoms with Crippen molar-refractivity contribution in [3.63, 3.8) is 0 Å². The van der Waals surface area contributed by atoms with Gasteiger partial charge in [0.2, 0.25) is 0 Å². The summed E-state index contributed by atoms with van der Waals surface area (Å²) in [5, 5.41) is 29.7. The zero-order chi connectivity index (χ0) is 12.7. The van der Waals surface area contributed by atoms with Crippen molar-refractivity contribution in [3.05, 3.63) is 29.8 Å². The predicted molar refractivity (Wildman–Crippen MR) is 63.6 cm³/mol. The molecule has 5 heteroatoms. The number of hydrogen-bond donors (Lipinski definition) is 3. The first kappa shape index (κ1) is 13.5. The van der Waals surface area contributed by atoms with E-state index in [1.807, 2.05) is 0 Å². The van der Waals surface area contributed by atoms with Gasteiger partial charge in [0.05, 0.1) is 18.9 Å². The number of aliphatic hydroxyl groups is 2. The Hall–Kier alpha value is -1.59. The summed E-state index contributed by atoms with van der Waals surface area (Å²) in [5.74, 6) is 0.404. The van der Waals surface area contributed by atoms with Gasteiger partial charge in [0.25, 0.3) is 0 Å². The Bertz CT molecular complexity index is 361. The molecule has 0 radical (unpaired) electrons. The standard InChI is InChI=1S/C12H17NO4/c1-9(8-15)12(13-16)10-2-4-11(5-3-10)17-7-6-14/h2-5,9,14-16H,6-8H2,1H3. The SMILES string of the molecule is CC(CO)C(=NO)c1ccc(OCCO)cc1. The third kappa shape index (κ3) is 3.72. The third-order valence-electron chi connectivity index (χ3n) is 2.36. The first-order chi connectivity index (χ1) is 8.22. The van der Waals surface area contributed by atoms with Crippen LogP contribution in [0.1, 0.15) is 12.5 Å². The summed E-state index contributed by atoms with van der Waals surface area (Å²) in [5.41, 5.74) is 1.16. The Labute approximate surface area is 100.0 Å². The molecule has 94 valence electrons. The fourth-order valence-corrected chi connectivity index (χ4v) is 1.41. The normalized spacial score (nSPS) is 13.5. The van der Waals surface area contributed by atoms with Crippen molar-refractivity contribution in [2.75, 3.05) is 19.8 Å². The van der Waals surface area contributed by atoms with Crippen LogP contribution in [0.15, 0.2) is 29.4 Å². The average molecular weight is 239 g/mol. The molecule has 1 unspecified atom stereocenters. The lowest BCUT2D eigenvalue weighted by atomic mass is 9.99. The Kier molecular flexibility index (Phi) is 5.45. The molecular weight excluding hydrogens is 222 g/mol. The molecule has 1 aromatic carbocycles. The molecule has 0 fully saturated rings.